The number of H-pyrrole nitrogens is 1. The van der Waals surface area contributed by atoms with E-state index in [-0.39, 0.29) is 0 Å². The fourth-order valence-corrected chi connectivity index (χ4v) is 2.51. The molecule has 2 aromatic rings. The number of nitrogen functional groups attached to an aromatic ring is 1. The first-order chi connectivity index (χ1) is 7.50. The van der Waals surface area contributed by atoms with Crippen molar-refractivity contribution in [3.8, 4) is 11.4 Å². The Balaban J connectivity index is 2.50. The number of aryl methyl sites for hydroxylation is 1. The highest BCUT2D eigenvalue weighted by atomic mass is 32.1. The van der Waals surface area contributed by atoms with Crippen molar-refractivity contribution in [3.63, 3.8) is 0 Å². The summed E-state index contributed by atoms with van der Waals surface area (Å²) in [4.78, 5) is 5.70. The minimum Gasteiger partial charge on any atom is -0.390 e. The lowest BCUT2D eigenvalue weighted by Gasteiger charge is -1.97. The smallest absolute Gasteiger partial charge is 0.184 e. The SMILES string of the molecule is Cc1sc(N)c(-c2n[nH]c(C(C)C)n2)c1C. The second kappa shape index (κ2) is 3.90. The van der Waals surface area contributed by atoms with Gasteiger partial charge >= 0.3 is 0 Å². The molecule has 3 N–H and O–H groups in total. The summed E-state index contributed by atoms with van der Waals surface area (Å²) < 4.78 is 0. The topological polar surface area (TPSA) is 67.6 Å². The van der Waals surface area contributed by atoms with Crippen LogP contribution < -0.4 is 5.73 Å². The van der Waals surface area contributed by atoms with Crippen molar-refractivity contribution in [2.45, 2.75) is 33.6 Å². The Morgan fingerprint density at radius 3 is 2.44 bits per heavy atom. The molecule has 0 atom stereocenters. The van der Waals surface area contributed by atoms with Gasteiger partial charge in [0.05, 0.1) is 10.6 Å². The van der Waals surface area contributed by atoms with Gasteiger partial charge in [0.1, 0.15) is 5.82 Å². The van der Waals surface area contributed by atoms with Gasteiger partial charge in [-0.25, -0.2) is 4.98 Å². The number of thiophene rings is 1. The fourth-order valence-electron chi connectivity index (χ4n) is 1.58. The molecule has 0 radical (unpaired) electrons. The number of nitrogens with one attached hydrogen (secondary N) is 1. The van der Waals surface area contributed by atoms with Crippen LogP contribution in [-0.2, 0) is 0 Å². The molecule has 0 saturated heterocycles. The van der Waals surface area contributed by atoms with Gasteiger partial charge in [0.25, 0.3) is 0 Å². The van der Waals surface area contributed by atoms with Gasteiger partial charge in [0, 0.05) is 10.8 Å². The van der Waals surface area contributed by atoms with Crippen LogP contribution in [0.15, 0.2) is 0 Å². The van der Waals surface area contributed by atoms with E-state index in [9.17, 15) is 0 Å². The number of aromatic nitrogens is 3. The van der Waals surface area contributed by atoms with E-state index >= 15 is 0 Å². The zero-order valence-electron chi connectivity index (χ0n) is 9.96. The average Bonchev–Trinajstić information content (AvgIpc) is 2.74. The molecule has 5 heteroatoms. The Labute approximate surface area is 98.9 Å². The van der Waals surface area contributed by atoms with Crippen molar-refractivity contribution in [1.82, 2.24) is 15.2 Å². The summed E-state index contributed by atoms with van der Waals surface area (Å²) in [7, 11) is 0. The molecule has 0 bridgehead atoms. The summed E-state index contributed by atoms with van der Waals surface area (Å²) in [6.45, 7) is 8.29. The number of rotatable bonds is 2. The van der Waals surface area contributed by atoms with Crippen molar-refractivity contribution in [3.05, 3.63) is 16.3 Å². The van der Waals surface area contributed by atoms with Crippen LogP contribution in [0.1, 0.15) is 36.0 Å². The van der Waals surface area contributed by atoms with E-state index in [1.165, 1.54) is 10.4 Å². The van der Waals surface area contributed by atoms with Gasteiger partial charge in [-0.1, -0.05) is 13.8 Å². The van der Waals surface area contributed by atoms with E-state index in [1.807, 2.05) is 0 Å². The lowest BCUT2D eigenvalue weighted by molar-refractivity contribution is 0.781. The highest BCUT2D eigenvalue weighted by Crippen LogP contribution is 2.36. The van der Waals surface area contributed by atoms with Crippen LogP contribution in [0.25, 0.3) is 11.4 Å². The molecule has 16 heavy (non-hydrogen) atoms. The highest BCUT2D eigenvalue weighted by molar-refractivity contribution is 7.16. The maximum Gasteiger partial charge on any atom is 0.184 e. The Kier molecular flexibility index (Phi) is 2.71. The lowest BCUT2D eigenvalue weighted by atomic mass is 10.1. The second-order valence-corrected chi connectivity index (χ2v) is 5.48. The van der Waals surface area contributed by atoms with Crippen molar-refractivity contribution in [2.24, 2.45) is 0 Å². The van der Waals surface area contributed by atoms with Gasteiger partial charge in [-0.15, -0.1) is 11.3 Å². The zero-order chi connectivity index (χ0) is 11.9. The average molecular weight is 236 g/mol. The number of hydrogen-bond acceptors (Lipinski definition) is 4. The standard InChI is InChI=1S/C11H16N4S/c1-5(2)10-13-11(15-14-10)8-6(3)7(4)16-9(8)12/h5H,12H2,1-4H3,(H,13,14,15). The maximum atomic E-state index is 5.98. The third-order valence-electron chi connectivity index (χ3n) is 2.69. The van der Waals surface area contributed by atoms with E-state index in [2.05, 4.69) is 42.9 Å². The first kappa shape index (κ1) is 11.1. The Hall–Kier alpha value is -1.36. The predicted molar refractivity (Wildman–Crippen MR) is 67.7 cm³/mol. The second-order valence-electron chi connectivity index (χ2n) is 4.22. The third kappa shape index (κ3) is 1.71. The first-order valence-electron chi connectivity index (χ1n) is 5.28. The summed E-state index contributed by atoms with van der Waals surface area (Å²) in [6, 6.07) is 0. The van der Waals surface area contributed by atoms with Crippen LogP contribution in [0.2, 0.25) is 0 Å². The first-order valence-corrected chi connectivity index (χ1v) is 6.10. The molecule has 0 saturated carbocycles. The number of aromatic amines is 1. The van der Waals surface area contributed by atoms with Crippen LogP contribution in [0.5, 0.6) is 0 Å². The molecule has 2 aromatic heterocycles. The molecule has 0 amide bonds. The lowest BCUT2D eigenvalue weighted by Crippen LogP contribution is -1.90. The van der Waals surface area contributed by atoms with E-state index in [4.69, 9.17) is 5.73 Å². The van der Waals surface area contributed by atoms with Gasteiger partial charge in [-0.2, -0.15) is 5.10 Å². The number of hydrogen-bond donors (Lipinski definition) is 2. The molecule has 0 spiro atoms. The van der Waals surface area contributed by atoms with Crippen molar-refractivity contribution >= 4 is 16.3 Å². The molecule has 2 heterocycles. The molecule has 0 fully saturated rings. The van der Waals surface area contributed by atoms with Crippen LogP contribution in [-0.4, -0.2) is 15.2 Å². The number of nitrogens with zero attached hydrogens (tertiary/aromatic N) is 2. The summed E-state index contributed by atoms with van der Waals surface area (Å²) >= 11 is 1.59. The summed E-state index contributed by atoms with van der Waals surface area (Å²) in [5, 5.41) is 7.98. The van der Waals surface area contributed by atoms with Gasteiger partial charge in [0.2, 0.25) is 0 Å². The maximum absolute atomic E-state index is 5.98. The van der Waals surface area contributed by atoms with Crippen molar-refractivity contribution in [2.75, 3.05) is 5.73 Å². The summed E-state index contributed by atoms with van der Waals surface area (Å²) in [5.74, 6) is 1.96. The van der Waals surface area contributed by atoms with Crippen LogP contribution in [0, 0.1) is 13.8 Å². The molecular weight excluding hydrogens is 220 g/mol. The van der Waals surface area contributed by atoms with E-state index in [0.29, 0.717) is 11.7 Å². The molecule has 0 aliphatic carbocycles. The molecule has 0 aromatic carbocycles. The van der Waals surface area contributed by atoms with Gasteiger partial charge < -0.3 is 5.73 Å². The molecule has 2 rings (SSSR count). The molecule has 86 valence electrons. The largest absolute Gasteiger partial charge is 0.390 e. The van der Waals surface area contributed by atoms with Crippen molar-refractivity contribution < 1.29 is 0 Å². The Morgan fingerprint density at radius 2 is 2.00 bits per heavy atom. The van der Waals surface area contributed by atoms with Crippen LogP contribution in [0.4, 0.5) is 5.00 Å². The molecular formula is C11H16N4S. The van der Waals surface area contributed by atoms with E-state index in [0.717, 1.165) is 16.4 Å². The van der Waals surface area contributed by atoms with Gasteiger partial charge in [-0.3, -0.25) is 5.10 Å². The minimum atomic E-state index is 0.350. The molecule has 0 aliphatic heterocycles. The molecule has 0 aliphatic rings. The summed E-state index contributed by atoms with van der Waals surface area (Å²) in [6.07, 6.45) is 0. The number of nitrogens with two attached hydrogens (primary N) is 1. The molecule has 0 unspecified atom stereocenters. The number of anilines is 1. The summed E-state index contributed by atoms with van der Waals surface area (Å²) in [5.41, 5.74) is 8.14. The van der Waals surface area contributed by atoms with Crippen LogP contribution in [0.3, 0.4) is 0 Å². The van der Waals surface area contributed by atoms with E-state index < -0.39 is 0 Å². The predicted octanol–water partition coefficient (Wildman–Crippen LogP) is 2.86. The molecule has 4 nitrogen and oxygen atoms in total. The van der Waals surface area contributed by atoms with E-state index in [1.54, 1.807) is 11.3 Å². The van der Waals surface area contributed by atoms with Crippen molar-refractivity contribution in [1.29, 1.82) is 0 Å². The zero-order valence-corrected chi connectivity index (χ0v) is 10.8. The third-order valence-corrected chi connectivity index (χ3v) is 3.72. The van der Waals surface area contributed by atoms with Crippen LogP contribution >= 0.6 is 11.3 Å². The fraction of sp³-hybridized carbons (Fsp3) is 0.455. The Morgan fingerprint density at radius 1 is 1.31 bits per heavy atom. The monoisotopic (exact) mass is 236 g/mol. The Bertz CT molecular complexity index is 510. The minimum absolute atomic E-state index is 0.350. The highest BCUT2D eigenvalue weighted by Gasteiger charge is 2.17. The quantitative estimate of drug-likeness (QED) is 0.842. The normalized spacial score (nSPS) is 11.3. The van der Waals surface area contributed by atoms with Gasteiger partial charge in [0.15, 0.2) is 5.82 Å². The van der Waals surface area contributed by atoms with Gasteiger partial charge in [-0.05, 0) is 19.4 Å².